The molecule has 0 aliphatic rings. The molecule has 6 aromatic rings. The molecule has 5 aromatic carbocycles. The lowest BCUT2D eigenvalue weighted by molar-refractivity contribution is 0.472. The highest BCUT2D eigenvalue weighted by Gasteiger charge is 2.26. The van der Waals surface area contributed by atoms with Crippen molar-refractivity contribution in [2.75, 3.05) is 16.3 Å². The summed E-state index contributed by atoms with van der Waals surface area (Å²) >= 11 is 6.19. The molecule has 262 valence electrons. The van der Waals surface area contributed by atoms with Gasteiger partial charge in [-0.25, -0.2) is 13.4 Å². The summed E-state index contributed by atoms with van der Waals surface area (Å²) in [5.41, 5.74) is 0.229. The van der Waals surface area contributed by atoms with Gasteiger partial charge in [-0.3, -0.25) is 13.8 Å². The number of rotatable bonds is 10. The Morgan fingerprint density at radius 3 is 2.24 bits per heavy atom. The van der Waals surface area contributed by atoms with E-state index in [1.165, 1.54) is 0 Å². The Bertz CT molecular complexity index is 2740. The van der Waals surface area contributed by atoms with Gasteiger partial charge in [-0.15, -0.1) is 10.2 Å². The summed E-state index contributed by atoms with van der Waals surface area (Å²) in [6, 6.07) is 21.3. The van der Waals surface area contributed by atoms with Crippen molar-refractivity contribution in [2.24, 2.45) is 10.2 Å². The highest BCUT2D eigenvalue weighted by atomic mass is 35.5. The van der Waals surface area contributed by atoms with Crippen LogP contribution >= 0.6 is 11.6 Å². The van der Waals surface area contributed by atoms with Gasteiger partial charge < -0.3 is 10.4 Å². The molecule has 1 aromatic heterocycles. The van der Waals surface area contributed by atoms with Crippen molar-refractivity contribution in [1.29, 1.82) is 0 Å². The molecule has 1 heterocycles. The monoisotopic (exact) mass is 769 g/mol. The average Bonchev–Trinajstić information content (AvgIpc) is 3.02. The molecule has 5 N–H and O–H groups in total. The Kier molecular flexibility index (Phi) is 9.35. The highest BCUT2D eigenvalue weighted by Crippen LogP contribution is 2.46. The second-order valence-corrected chi connectivity index (χ2v) is 15.9. The Hall–Kier alpha value is -5.31. The number of aromatic nitrogens is 3. The van der Waals surface area contributed by atoms with Crippen LogP contribution in [0.25, 0.3) is 21.5 Å². The maximum absolute atomic E-state index is 12.5. The molecule has 0 saturated carbocycles. The van der Waals surface area contributed by atoms with Crippen LogP contribution in [0, 0.1) is 0 Å². The van der Waals surface area contributed by atoms with Crippen LogP contribution in [0.15, 0.2) is 105 Å². The van der Waals surface area contributed by atoms with Crippen LogP contribution in [0.3, 0.4) is 0 Å². The van der Waals surface area contributed by atoms with E-state index in [1.807, 2.05) is 18.2 Å². The molecule has 6 rings (SSSR count). The summed E-state index contributed by atoms with van der Waals surface area (Å²) in [5.74, 6) is -1.02. The molecule has 0 atom stereocenters. The van der Waals surface area contributed by atoms with E-state index in [2.05, 4.69) is 35.2 Å². The number of nitrogens with zero attached hydrogens (tertiary/aromatic N) is 5. The van der Waals surface area contributed by atoms with Crippen LogP contribution in [0.2, 0.25) is 5.28 Å². The Balaban J connectivity index is 1.49. The van der Waals surface area contributed by atoms with E-state index >= 15 is 0 Å². The number of hydrogen-bond donors (Lipinski definition) is 5. The number of phenols is 1. The number of aromatic hydroxyl groups is 1. The summed E-state index contributed by atoms with van der Waals surface area (Å²) in [7, 11) is -13.6. The fourth-order valence-electron chi connectivity index (χ4n) is 5.19. The second-order valence-electron chi connectivity index (χ2n) is 11.0. The Morgan fingerprint density at radius 2 is 1.51 bits per heavy atom. The maximum atomic E-state index is 12.5. The number of hydrogen-bond acceptors (Lipinski definition) is 13. The summed E-state index contributed by atoms with van der Waals surface area (Å²) in [6.45, 7) is 0. The largest absolute Gasteiger partial charge is 0.505 e. The van der Waals surface area contributed by atoms with Gasteiger partial charge in [0, 0.05) is 22.9 Å². The van der Waals surface area contributed by atoms with Crippen molar-refractivity contribution in [3.8, 4) is 5.75 Å². The van der Waals surface area contributed by atoms with E-state index in [0.717, 1.165) is 29.8 Å². The number of azo groups is 1. The molecule has 0 saturated heterocycles. The molecular formula is C31H24ClN7O9S3. The lowest BCUT2D eigenvalue weighted by atomic mass is 10.1. The SMILES string of the molecule is CS(=O)(=O)Nc1cccc(Cc2nc(Cl)nc(Nc3cc(S(=O)(=O)O)cc4cc(S(=O)(=O)O)c(N=Nc5cccc6ccccc56)c(O)c34)n2)c1. The fourth-order valence-corrected chi connectivity index (χ4v) is 7.12. The van der Waals surface area contributed by atoms with Gasteiger partial charge in [-0.1, -0.05) is 48.5 Å². The highest BCUT2D eigenvalue weighted by molar-refractivity contribution is 7.92. The number of sulfonamides is 1. The minimum atomic E-state index is -5.10. The zero-order valence-corrected chi connectivity index (χ0v) is 29.1. The van der Waals surface area contributed by atoms with Crippen molar-refractivity contribution >= 4 is 92.1 Å². The van der Waals surface area contributed by atoms with Crippen molar-refractivity contribution in [3.63, 3.8) is 0 Å². The predicted molar refractivity (Wildman–Crippen MR) is 189 cm³/mol. The van der Waals surface area contributed by atoms with E-state index in [1.54, 1.807) is 48.5 Å². The number of fused-ring (bicyclic) bond motifs is 2. The van der Waals surface area contributed by atoms with E-state index < -0.39 is 51.5 Å². The van der Waals surface area contributed by atoms with Gasteiger partial charge in [0.2, 0.25) is 21.3 Å². The molecular weight excluding hydrogens is 746 g/mol. The van der Waals surface area contributed by atoms with Crippen LogP contribution in [0.4, 0.5) is 28.7 Å². The van der Waals surface area contributed by atoms with Crippen LogP contribution in [-0.4, -0.2) is 60.7 Å². The molecule has 0 aliphatic heterocycles. The van der Waals surface area contributed by atoms with Crippen molar-refractivity contribution in [1.82, 2.24) is 15.0 Å². The third-order valence-electron chi connectivity index (χ3n) is 7.22. The number of halogens is 1. The first-order valence-electron chi connectivity index (χ1n) is 14.4. The van der Waals surface area contributed by atoms with Gasteiger partial charge in [-0.05, 0) is 64.3 Å². The smallest absolute Gasteiger partial charge is 0.296 e. The minimum absolute atomic E-state index is 0.0314. The third kappa shape index (κ3) is 8.20. The van der Waals surface area contributed by atoms with Gasteiger partial charge in [0.05, 0.1) is 22.5 Å². The summed E-state index contributed by atoms with van der Waals surface area (Å²) in [6.07, 6.45) is 1.03. The average molecular weight is 770 g/mol. The summed E-state index contributed by atoms with van der Waals surface area (Å²) in [4.78, 5) is 10.8. The molecule has 0 spiro atoms. The minimum Gasteiger partial charge on any atom is -0.505 e. The van der Waals surface area contributed by atoms with Crippen LogP contribution in [0.1, 0.15) is 11.4 Å². The van der Waals surface area contributed by atoms with Gasteiger partial charge in [0.25, 0.3) is 20.2 Å². The first-order chi connectivity index (χ1) is 23.9. The third-order valence-corrected chi connectivity index (χ3v) is 9.69. The number of benzene rings is 5. The first-order valence-corrected chi connectivity index (χ1v) is 19.5. The lowest BCUT2D eigenvalue weighted by Crippen LogP contribution is -2.10. The van der Waals surface area contributed by atoms with Gasteiger partial charge in [0.1, 0.15) is 16.4 Å². The fraction of sp³-hybridized carbons (Fsp3) is 0.0645. The van der Waals surface area contributed by atoms with Crippen LogP contribution < -0.4 is 10.0 Å². The van der Waals surface area contributed by atoms with E-state index in [-0.39, 0.29) is 45.6 Å². The lowest BCUT2D eigenvalue weighted by Gasteiger charge is -2.15. The first kappa shape index (κ1) is 35.5. The van der Waals surface area contributed by atoms with Crippen molar-refractivity contribution in [2.45, 2.75) is 16.2 Å². The molecule has 0 unspecified atom stereocenters. The van der Waals surface area contributed by atoms with Gasteiger partial charge in [-0.2, -0.15) is 26.8 Å². The van der Waals surface area contributed by atoms with Crippen molar-refractivity contribution < 1.29 is 39.5 Å². The molecule has 20 heteroatoms. The topological polar surface area (TPSA) is 251 Å². The van der Waals surface area contributed by atoms with E-state index in [0.29, 0.717) is 16.6 Å². The molecule has 0 radical (unpaired) electrons. The van der Waals surface area contributed by atoms with Crippen molar-refractivity contribution in [3.05, 3.63) is 102 Å². The van der Waals surface area contributed by atoms with Gasteiger partial charge in [0.15, 0.2) is 5.75 Å². The Morgan fingerprint density at radius 1 is 0.784 bits per heavy atom. The molecule has 0 bridgehead atoms. The van der Waals surface area contributed by atoms with E-state index in [9.17, 15) is 39.5 Å². The molecule has 51 heavy (non-hydrogen) atoms. The zero-order chi connectivity index (χ0) is 36.7. The maximum Gasteiger partial charge on any atom is 0.296 e. The quantitative estimate of drug-likeness (QED) is 0.0775. The molecule has 0 aliphatic carbocycles. The number of phenolic OH excluding ortho intramolecular Hbond substituents is 1. The number of anilines is 3. The molecule has 0 fully saturated rings. The molecule has 16 nitrogen and oxygen atoms in total. The zero-order valence-electron chi connectivity index (χ0n) is 25.9. The summed E-state index contributed by atoms with van der Waals surface area (Å²) < 4.78 is 95.3. The second kappa shape index (κ2) is 13.4. The van der Waals surface area contributed by atoms with Crippen LogP contribution in [-0.2, 0) is 36.7 Å². The number of nitrogens with one attached hydrogen (secondary N) is 2. The van der Waals surface area contributed by atoms with E-state index in [4.69, 9.17) is 11.6 Å². The normalized spacial score (nSPS) is 12.5. The summed E-state index contributed by atoms with van der Waals surface area (Å²) in [5, 5.41) is 23.1. The Labute approximate surface area is 295 Å². The van der Waals surface area contributed by atoms with Crippen LogP contribution in [0.5, 0.6) is 5.75 Å². The predicted octanol–water partition coefficient (Wildman–Crippen LogP) is 6.15. The van der Waals surface area contributed by atoms with Gasteiger partial charge >= 0.3 is 0 Å². The molecule has 0 amide bonds. The standard InChI is InChI=1S/C31H24ClN7O9S3/c1-49(41,42)39-20-9-4-6-17(12-20)13-26-34-30(32)36-31(35-26)33-24-16-21(50(43,44)45)14-19-15-25(51(46,47)48)28(29(40)27(19)24)38-37-23-11-5-8-18-7-2-3-10-22(18)23/h2-12,14-16,39-40H,13H2,1H3,(H,43,44,45)(H,46,47,48)(H,33,34,35,36).